The number of rotatable bonds is 4. The average Bonchev–Trinajstić information content (AvgIpc) is 3.16. The van der Waals surface area contributed by atoms with E-state index in [0.717, 1.165) is 16.8 Å². The summed E-state index contributed by atoms with van der Waals surface area (Å²) >= 11 is 0. The number of halogens is 1. The fraction of sp³-hybridized carbons (Fsp3) is 0.120. The number of benzene rings is 3. The van der Waals surface area contributed by atoms with E-state index in [9.17, 15) is 9.18 Å². The Morgan fingerprint density at radius 2 is 1.73 bits per heavy atom. The molecule has 3 aromatic carbocycles. The molecule has 1 unspecified atom stereocenters. The van der Waals surface area contributed by atoms with Crippen molar-refractivity contribution in [1.29, 1.82) is 0 Å². The van der Waals surface area contributed by atoms with E-state index in [2.05, 4.69) is 15.5 Å². The molecule has 0 spiro atoms. The summed E-state index contributed by atoms with van der Waals surface area (Å²) in [5.74, 6) is 0.763. The molecule has 164 valence electrons. The Kier molecular flexibility index (Phi) is 5.40. The minimum Gasteiger partial charge on any atom is -0.445 e. The van der Waals surface area contributed by atoms with Crippen LogP contribution in [0.4, 0.5) is 9.18 Å². The van der Waals surface area contributed by atoms with Gasteiger partial charge in [0.05, 0.1) is 11.4 Å². The Bertz CT molecular complexity index is 1330. The van der Waals surface area contributed by atoms with Gasteiger partial charge in [-0.25, -0.2) is 9.18 Å². The molecule has 33 heavy (non-hydrogen) atoms. The minimum atomic E-state index is -0.859. The number of nitrogens with zero attached hydrogens (tertiary/aromatic N) is 4. The van der Waals surface area contributed by atoms with Gasteiger partial charge in [-0.15, -0.1) is 10.2 Å². The second-order valence-electron chi connectivity index (χ2n) is 7.55. The quantitative estimate of drug-likeness (QED) is 0.506. The summed E-state index contributed by atoms with van der Waals surface area (Å²) in [6.45, 7) is 1.96. The molecule has 5 rings (SSSR count). The van der Waals surface area contributed by atoms with Gasteiger partial charge in [-0.2, -0.15) is 0 Å². The number of carbonyl (C=O) groups excluding carboxylic acids is 1. The van der Waals surface area contributed by atoms with Crippen LogP contribution in [0.2, 0.25) is 0 Å². The fourth-order valence-electron chi connectivity index (χ4n) is 3.79. The number of aryl methyl sites for hydroxylation is 1. The molecular weight excluding hydrogens is 421 g/mol. The Balaban J connectivity index is 1.54. The van der Waals surface area contributed by atoms with E-state index in [-0.39, 0.29) is 12.4 Å². The van der Waals surface area contributed by atoms with Crippen molar-refractivity contribution < 1.29 is 13.9 Å². The lowest BCUT2D eigenvalue weighted by molar-refractivity contribution is 0.135. The van der Waals surface area contributed by atoms with E-state index >= 15 is 0 Å². The first-order valence-corrected chi connectivity index (χ1v) is 10.4. The van der Waals surface area contributed by atoms with Gasteiger partial charge >= 0.3 is 6.09 Å². The van der Waals surface area contributed by atoms with E-state index in [1.807, 2.05) is 66.1 Å². The van der Waals surface area contributed by atoms with Gasteiger partial charge in [0, 0.05) is 11.1 Å². The number of fused-ring (bicyclic) bond motifs is 3. The monoisotopic (exact) mass is 441 g/mol. The maximum atomic E-state index is 13.6. The number of nitrogens with one attached hydrogen (secondary N) is 1. The number of para-hydroxylation sites is 1. The lowest BCUT2D eigenvalue weighted by Crippen LogP contribution is -2.30. The highest BCUT2D eigenvalue weighted by Crippen LogP contribution is 2.29. The topological polar surface area (TPSA) is 81.4 Å². The highest BCUT2D eigenvalue weighted by Gasteiger charge is 2.29. The van der Waals surface area contributed by atoms with Crippen LogP contribution in [-0.4, -0.2) is 26.6 Å². The molecule has 0 aliphatic carbocycles. The Hall–Kier alpha value is -4.33. The molecule has 1 aliphatic heterocycles. The second-order valence-corrected chi connectivity index (χ2v) is 7.55. The predicted octanol–water partition coefficient (Wildman–Crippen LogP) is 4.49. The van der Waals surface area contributed by atoms with Gasteiger partial charge < -0.3 is 4.74 Å². The zero-order chi connectivity index (χ0) is 22.8. The Labute approximate surface area is 189 Å². The second kappa shape index (κ2) is 8.66. The van der Waals surface area contributed by atoms with Crippen molar-refractivity contribution in [3.05, 3.63) is 113 Å². The molecule has 1 N–H and O–H groups in total. The van der Waals surface area contributed by atoms with Crippen LogP contribution in [0.3, 0.4) is 0 Å². The normalized spacial score (nSPS) is 14.5. The first-order valence-electron chi connectivity index (χ1n) is 10.4. The molecule has 0 saturated carbocycles. The van der Waals surface area contributed by atoms with Crippen molar-refractivity contribution in [2.24, 2.45) is 4.99 Å². The molecule has 1 aliphatic rings. The summed E-state index contributed by atoms with van der Waals surface area (Å²) < 4.78 is 20.8. The predicted molar refractivity (Wildman–Crippen MR) is 121 cm³/mol. The first-order chi connectivity index (χ1) is 16.1. The van der Waals surface area contributed by atoms with Gasteiger partial charge in [0.15, 0.2) is 12.0 Å². The maximum Gasteiger partial charge on any atom is 0.409 e. The molecule has 1 aromatic heterocycles. The highest BCUT2D eigenvalue weighted by atomic mass is 19.1. The number of carbonyl (C=O) groups is 1. The lowest BCUT2D eigenvalue weighted by Gasteiger charge is -2.14. The molecular formula is C25H20FN5O2. The molecule has 1 amide bonds. The van der Waals surface area contributed by atoms with E-state index in [1.165, 1.54) is 12.1 Å². The van der Waals surface area contributed by atoms with Crippen molar-refractivity contribution in [2.45, 2.75) is 19.7 Å². The number of ether oxygens (including phenoxy) is 1. The average molecular weight is 441 g/mol. The summed E-state index contributed by atoms with van der Waals surface area (Å²) in [4.78, 5) is 17.5. The van der Waals surface area contributed by atoms with E-state index in [4.69, 9.17) is 9.73 Å². The number of amides is 1. The molecule has 0 radical (unpaired) electrons. The molecule has 0 bridgehead atoms. The number of aliphatic imine (C=N–C) groups is 1. The van der Waals surface area contributed by atoms with E-state index in [0.29, 0.717) is 22.9 Å². The molecule has 0 fully saturated rings. The van der Waals surface area contributed by atoms with Crippen LogP contribution in [0, 0.1) is 12.7 Å². The number of alkyl carbamates (subject to hydrolysis) is 1. The standard InChI is InChI=1S/C25H20FN5O2/c1-16-29-30-24-23(28-25(32)33-15-17-7-3-2-4-8-17)27-22(18-11-13-19(26)14-12-18)20-9-5-6-10-21(20)31(16)24/h2-14,23H,15H2,1H3,(H,28,32). The highest BCUT2D eigenvalue weighted by molar-refractivity contribution is 6.15. The Morgan fingerprint density at radius 1 is 1.00 bits per heavy atom. The lowest BCUT2D eigenvalue weighted by atomic mass is 10.0. The molecule has 7 nitrogen and oxygen atoms in total. The largest absolute Gasteiger partial charge is 0.445 e. The summed E-state index contributed by atoms with van der Waals surface area (Å²) in [6.07, 6.45) is -1.49. The van der Waals surface area contributed by atoms with Gasteiger partial charge in [0.25, 0.3) is 0 Å². The SMILES string of the molecule is Cc1nnc2n1-c1ccccc1C(c1ccc(F)cc1)=NC2NC(=O)OCc1ccccc1. The van der Waals surface area contributed by atoms with Crippen molar-refractivity contribution in [1.82, 2.24) is 20.1 Å². The van der Waals surface area contributed by atoms with Crippen LogP contribution in [0.1, 0.15) is 34.5 Å². The summed E-state index contributed by atoms with van der Waals surface area (Å²) in [6, 6.07) is 23.2. The third-order valence-corrected chi connectivity index (χ3v) is 5.34. The molecule has 0 saturated heterocycles. The van der Waals surface area contributed by atoms with Crippen LogP contribution in [-0.2, 0) is 11.3 Å². The maximum absolute atomic E-state index is 13.6. The number of aromatic nitrogens is 3. The van der Waals surface area contributed by atoms with E-state index in [1.54, 1.807) is 12.1 Å². The summed E-state index contributed by atoms with van der Waals surface area (Å²) in [5, 5.41) is 11.3. The summed E-state index contributed by atoms with van der Waals surface area (Å²) in [5.41, 5.74) is 3.82. The van der Waals surface area contributed by atoms with Gasteiger partial charge in [0.2, 0.25) is 0 Å². The van der Waals surface area contributed by atoms with Gasteiger partial charge in [-0.3, -0.25) is 14.9 Å². The zero-order valence-electron chi connectivity index (χ0n) is 17.8. The third kappa shape index (κ3) is 4.10. The summed E-state index contributed by atoms with van der Waals surface area (Å²) in [7, 11) is 0. The van der Waals surface area contributed by atoms with Crippen LogP contribution < -0.4 is 5.32 Å². The van der Waals surface area contributed by atoms with Crippen molar-refractivity contribution in [3.63, 3.8) is 0 Å². The minimum absolute atomic E-state index is 0.125. The van der Waals surface area contributed by atoms with Gasteiger partial charge in [-0.1, -0.05) is 48.5 Å². The van der Waals surface area contributed by atoms with Crippen molar-refractivity contribution >= 4 is 11.8 Å². The van der Waals surface area contributed by atoms with Crippen LogP contribution in [0.5, 0.6) is 0 Å². The van der Waals surface area contributed by atoms with Crippen molar-refractivity contribution in [2.75, 3.05) is 0 Å². The molecule has 8 heteroatoms. The van der Waals surface area contributed by atoms with Crippen LogP contribution in [0.15, 0.2) is 83.9 Å². The molecule has 4 aromatic rings. The van der Waals surface area contributed by atoms with Crippen LogP contribution in [0.25, 0.3) is 5.69 Å². The van der Waals surface area contributed by atoms with Gasteiger partial charge in [-0.05, 0) is 42.8 Å². The van der Waals surface area contributed by atoms with Crippen LogP contribution >= 0.6 is 0 Å². The third-order valence-electron chi connectivity index (χ3n) is 5.34. The van der Waals surface area contributed by atoms with Gasteiger partial charge in [0.1, 0.15) is 18.2 Å². The first kappa shape index (κ1) is 20.6. The zero-order valence-corrected chi connectivity index (χ0v) is 17.8. The van der Waals surface area contributed by atoms with Crippen molar-refractivity contribution in [3.8, 4) is 5.69 Å². The van der Waals surface area contributed by atoms with E-state index < -0.39 is 12.3 Å². The fourth-order valence-corrected chi connectivity index (χ4v) is 3.79. The molecule has 1 atom stereocenters. The molecule has 2 heterocycles. The Morgan fingerprint density at radius 3 is 2.52 bits per heavy atom. The number of hydrogen-bond acceptors (Lipinski definition) is 5. The number of hydrogen-bond donors (Lipinski definition) is 1. The smallest absolute Gasteiger partial charge is 0.409 e.